The number of benzene rings is 1. The van der Waals surface area contributed by atoms with Crippen LogP contribution in [-0.2, 0) is 16.0 Å². The molecule has 2 rings (SSSR count). The maximum atomic E-state index is 12.3. The van der Waals surface area contributed by atoms with E-state index in [4.69, 9.17) is 20.5 Å². The number of likely N-dealkylation sites (tertiary alicyclic amines) is 1. The molecular formula is C17H26BN4O8+. The second kappa shape index (κ2) is 9.76. The lowest BCUT2D eigenvalue weighted by Gasteiger charge is -2.40. The second-order valence-electron chi connectivity index (χ2n) is 7.09. The Labute approximate surface area is 172 Å². The Kier molecular flexibility index (Phi) is 7.62. The van der Waals surface area contributed by atoms with Gasteiger partial charge in [0.15, 0.2) is 0 Å². The van der Waals surface area contributed by atoms with E-state index >= 15 is 0 Å². The van der Waals surface area contributed by atoms with Gasteiger partial charge in [0.1, 0.15) is 29.2 Å². The van der Waals surface area contributed by atoms with Crippen LogP contribution in [0.1, 0.15) is 22.8 Å². The Morgan fingerprint density at radius 1 is 1.37 bits per heavy atom. The summed E-state index contributed by atoms with van der Waals surface area (Å²) in [6.07, 6.45) is -1.48. The third kappa shape index (κ3) is 5.60. The van der Waals surface area contributed by atoms with Crippen LogP contribution in [0, 0.1) is 0 Å². The number of hydrogen-bond donors (Lipinski definition) is 7. The van der Waals surface area contributed by atoms with Gasteiger partial charge in [-0.05, 0) is 31.3 Å². The van der Waals surface area contributed by atoms with Crippen molar-refractivity contribution in [2.45, 2.75) is 38.0 Å². The zero-order chi connectivity index (χ0) is 22.6. The van der Waals surface area contributed by atoms with Gasteiger partial charge in [-0.25, -0.2) is 4.79 Å². The molecule has 164 valence electrons. The number of amides is 2. The molecule has 2 atom stereocenters. The van der Waals surface area contributed by atoms with Gasteiger partial charge in [0.25, 0.3) is 5.91 Å². The minimum atomic E-state index is -1.58. The van der Waals surface area contributed by atoms with Crippen LogP contribution in [0.4, 0.5) is 0 Å². The first kappa shape index (κ1) is 23.4. The van der Waals surface area contributed by atoms with Gasteiger partial charge in [0, 0.05) is 0 Å². The van der Waals surface area contributed by atoms with Crippen LogP contribution in [0.3, 0.4) is 0 Å². The lowest BCUT2D eigenvalue weighted by Crippen LogP contribution is -2.73. The normalized spacial score (nSPS) is 15.7. The highest BCUT2D eigenvalue weighted by Crippen LogP contribution is 2.34. The first-order chi connectivity index (χ1) is 14.0. The molecular weight excluding hydrogens is 399 g/mol. The van der Waals surface area contributed by atoms with Gasteiger partial charge in [-0.2, -0.15) is 0 Å². The number of nitrogens with one attached hydrogen (secondary N) is 1. The van der Waals surface area contributed by atoms with Crippen molar-refractivity contribution in [1.29, 1.82) is 0 Å². The zero-order valence-corrected chi connectivity index (χ0v) is 16.4. The standard InChI is InChI=1S/C17H25BN4O8/c1-8(21-15(24)14(19)20)16(25)22-6-10(7-22)30-11-3-2-9(4-5-18(28)29)13(23)12(11)17(26)27/h2-3,8,10,14,23,28-29H,4-7,19-20H2,1H3,(H,21,24)(H,26,27)/p+1. The fourth-order valence-electron chi connectivity index (χ4n) is 2.94. The highest BCUT2D eigenvalue weighted by molar-refractivity contribution is 6.41. The molecule has 1 aromatic rings. The number of nitrogens with zero attached hydrogens (tertiary/aromatic N) is 1. The van der Waals surface area contributed by atoms with E-state index in [-0.39, 0.29) is 43.1 Å². The minimum Gasteiger partial charge on any atom is -0.507 e. The number of aromatic carboxylic acids is 1. The van der Waals surface area contributed by atoms with E-state index in [2.05, 4.69) is 11.1 Å². The van der Waals surface area contributed by atoms with Crippen LogP contribution in [0.5, 0.6) is 11.5 Å². The van der Waals surface area contributed by atoms with Gasteiger partial charge in [-0.15, -0.1) is 0 Å². The highest BCUT2D eigenvalue weighted by Gasteiger charge is 2.36. The molecule has 0 spiro atoms. The SMILES string of the molecule is CC(NC(=O)C(N)[NH3+])C(=O)N1CC(Oc2ccc(CCB(O)O)c(O)c2C(=O)O)C1. The average molecular weight is 425 g/mol. The Bertz CT molecular complexity index is 813. The van der Waals surface area contributed by atoms with Crippen LogP contribution >= 0.6 is 0 Å². The molecule has 13 heteroatoms. The average Bonchev–Trinajstić information content (AvgIpc) is 2.62. The van der Waals surface area contributed by atoms with Crippen molar-refractivity contribution < 1.29 is 45.1 Å². The molecule has 0 saturated carbocycles. The van der Waals surface area contributed by atoms with Crippen LogP contribution in [0.25, 0.3) is 0 Å². The van der Waals surface area contributed by atoms with Crippen LogP contribution < -0.4 is 21.5 Å². The molecule has 2 amide bonds. The molecule has 30 heavy (non-hydrogen) atoms. The number of nitrogens with two attached hydrogens (primary N) is 1. The smallest absolute Gasteiger partial charge is 0.451 e. The van der Waals surface area contributed by atoms with Crippen LogP contribution in [0.2, 0.25) is 6.32 Å². The summed E-state index contributed by atoms with van der Waals surface area (Å²) in [5, 5.41) is 40.0. The van der Waals surface area contributed by atoms with Crippen molar-refractivity contribution in [2.24, 2.45) is 5.73 Å². The number of quaternary nitrogens is 1. The van der Waals surface area contributed by atoms with Gasteiger partial charge >= 0.3 is 13.1 Å². The quantitative estimate of drug-likeness (QED) is 0.156. The maximum Gasteiger partial charge on any atom is 0.451 e. The highest BCUT2D eigenvalue weighted by atomic mass is 16.5. The lowest BCUT2D eigenvalue weighted by atomic mass is 9.82. The van der Waals surface area contributed by atoms with Gasteiger partial charge in [0.05, 0.1) is 13.1 Å². The summed E-state index contributed by atoms with van der Waals surface area (Å²) in [6, 6.07) is 2.03. The number of carboxylic acid groups (broad SMARTS) is 1. The summed E-state index contributed by atoms with van der Waals surface area (Å²) in [4.78, 5) is 36.9. The maximum absolute atomic E-state index is 12.3. The lowest BCUT2D eigenvalue weighted by molar-refractivity contribution is -0.402. The number of aromatic hydroxyl groups is 1. The fraction of sp³-hybridized carbons (Fsp3) is 0.471. The molecule has 1 fully saturated rings. The van der Waals surface area contributed by atoms with Crippen molar-refractivity contribution in [3.63, 3.8) is 0 Å². The van der Waals surface area contributed by atoms with Crippen molar-refractivity contribution in [3.8, 4) is 11.5 Å². The summed E-state index contributed by atoms with van der Waals surface area (Å²) in [7, 11) is -1.58. The summed E-state index contributed by atoms with van der Waals surface area (Å²) in [6.45, 7) is 1.86. The van der Waals surface area contributed by atoms with Crippen molar-refractivity contribution >= 4 is 24.9 Å². The number of hydrogen-bond acceptors (Lipinski definition) is 8. The summed E-state index contributed by atoms with van der Waals surface area (Å²) < 4.78 is 5.63. The molecule has 0 aliphatic carbocycles. The summed E-state index contributed by atoms with van der Waals surface area (Å²) >= 11 is 0. The Hall–Kier alpha value is -2.87. The van der Waals surface area contributed by atoms with Gasteiger partial charge < -0.3 is 40.9 Å². The third-order valence-electron chi connectivity index (χ3n) is 4.63. The number of rotatable bonds is 9. The molecule has 1 aromatic carbocycles. The fourth-order valence-corrected chi connectivity index (χ4v) is 2.94. The first-order valence-electron chi connectivity index (χ1n) is 9.30. The molecule has 1 heterocycles. The van der Waals surface area contributed by atoms with E-state index in [0.29, 0.717) is 0 Å². The molecule has 1 saturated heterocycles. The number of carboxylic acids is 1. The number of carbonyl (C=O) groups is 3. The van der Waals surface area contributed by atoms with E-state index in [0.717, 1.165) is 0 Å². The van der Waals surface area contributed by atoms with Crippen molar-refractivity contribution in [1.82, 2.24) is 10.2 Å². The zero-order valence-electron chi connectivity index (χ0n) is 16.4. The van der Waals surface area contributed by atoms with Gasteiger partial charge in [-0.3, -0.25) is 15.3 Å². The molecule has 12 nitrogen and oxygen atoms in total. The molecule has 1 aliphatic rings. The second-order valence-corrected chi connectivity index (χ2v) is 7.09. The summed E-state index contributed by atoms with van der Waals surface area (Å²) in [5.41, 5.74) is 8.53. The van der Waals surface area contributed by atoms with E-state index in [1.165, 1.54) is 24.0 Å². The molecule has 2 unspecified atom stereocenters. The predicted molar refractivity (Wildman–Crippen MR) is 103 cm³/mol. The largest absolute Gasteiger partial charge is 0.507 e. The number of ether oxygens (including phenoxy) is 1. The predicted octanol–water partition coefficient (Wildman–Crippen LogP) is -3.27. The van der Waals surface area contributed by atoms with E-state index < -0.39 is 48.6 Å². The van der Waals surface area contributed by atoms with Crippen LogP contribution in [-0.4, -0.2) is 81.5 Å². The van der Waals surface area contributed by atoms with Gasteiger partial charge in [-0.1, -0.05) is 6.07 Å². The number of phenols is 1. The van der Waals surface area contributed by atoms with Crippen molar-refractivity contribution in [2.75, 3.05) is 13.1 Å². The third-order valence-corrected chi connectivity index (χ3v) is 4.63. The molecule has 0 bridgehead atoms. The monoisotopic (exact) mass is 425 g/mol. The molecule has 1 aliphatic heterocycles. The molecule has 0 radical (unpaired) electrons. The summed E-state index contributed by atoms with van der Waals surface area (Å²) in [5.74, 6) is -2.87. The molecule has 0 aromatic heterocycles. The number of aryl methyl sites for hydroxylation is 1. The topological polar surface area (TPSA) is 210 Å². The van der Waals surface area contributed by atoms with Crippen LogP contribution in [0.15, 0.2) is 12.1 Å². The van der Waals surface area contributed by atoms with E-state index in [1.54, 1.807) is 0 Å². The minimum absolute atomic E-state index is 0.0604. The Morgan fingerprint density at radius 2 is 2.00 bits per heavy atom. The van der Waals surface area contributed by atoms with E-state index in [1.807, 2.05) is 0 Å². The van der Waals surface area contributed by atoms with E-state index in [9.17, 15) is 24.6 Å². The number of carbonyl (C=O) groups excluding carboxylic acids is 2. The first-order valence-corrected chi connectivity index (χ1v) is 9.30. The Morgan fingerprint density at radius 3 is 2.53 bits per heavy atom. The van der Waals surface area contributed by atoms with Gasteiger partial charge in [0.2, 0.25) is 12.1 Å². The Balaban J connectivity index is 2.00. The van der Waals surface area contributed by atoms with Crippen molar-refractivity contribution in [3.05, 3.63) is 23.3 Å². The molecule has 10 N–H and O–H groups in total.